The number of carbonyl (C=O) groups is 1. The van der Waals surface area contributed by atoms with Gasteiger partial charge in [0.2, 0.25) is 0 Å². The van der Waals surface area contributed by atoms with Crippen molar-refractivity contribution in [2.45, 2.75) is 13.3 Å². The maximum absolute atomic E-state index is 13.8. The van der Waals surface area contributed by atoms with Gasteiger partial charge < -0.3 is 0 Å². The lowest BCUT2D eigenvalue weighted by Gasteiger charge is -2.04. The van der Waals surface area contributed by atoms with E-state index < -0.39 is 11.7 Å². The van der Waals surface area contributed by atoms with Crippen LogP contribution in [0.3, 0.4) is 0 Å². The number of thiazole rings is 1. The van der Waals surface area contributed by atoms with Crippen molar-refractivity contribution in [3.05, 3.63) is 80.8 Å². The molecule has 0 atom stereocenters. The number of hydrogen-bond donors (Lipinski definition) is 1. The van der Waals surface area contributed by atoms with Gasteiger partial charge in [0.05, 0.1) is 16.3 Å². The molecule has 1 aromatic heterocycles. The smallest absolute Gasteiger partial charge is 0.258 e. The lowest BCUT2D eigenvalue weighted by Crippen LogP contribution is -2.12. The molecular formula is C18H13ClF2N2OS. The second-order valence-electron chi connectivity index (χ2n) is 5.37. The molecule has 0 unspecified atom stereocenters. The SMILES string of the molecule is Cc1nc(NC(=O)c2ccc(F)cc2Cl)sc1Cc1ccccc1F. The quantitative estimate of drug-likeness (QED) is 0.675. The molecule has 3 rings (SSSR count). The van der Waals surface area contributed by atoms with Crippen molar-refractivity contribution in [2.75, 3.05) is 5.32 Å². The van der Waals surface area contributed by atoms with Crippen LogP contribution in [0.25, 0.3) is 0 Å². The van der Waals surface area contributed by atoms with E-state index in [4.69, 9.17) is 11.6 Å². The predicted octanol–water partition coefficient (Wildman–Crippen LogP) is 5.23. The van der Waals surface area contributed by atoms with E-state index in [1.165, 1.54) is 23.5 Å². The number of aryl methyl sites for hydroxylation is 1. The Bertz CT molecular complexity index is 943. The van der Waals surface area contributed by atoms with Crippen LogP contribution in [0.4, 0.5) is 13.9 Å². The number of carbonyl (C=O) groups excluding carboxylic acids is 1. The summed E-state index contributed by atoms with van der Waals surface area (Å²) < 4.78 is 26.9. The van der Waals surface area contributed by atoms with Crippen LogP contribution < -0.4 is 5.32 Å². The van der Waals surface area contributed by atoms with E-state index in [1.807, 2.05) is 0 Å². The Kier molecular flexibility index (Phi) is 5.11. The second kappa shape index (κ2) is 7.29. The fourth-order valence-electron chi connectivity index (χ4n) is 2.30. The number of anilines is 1. The summed E-state index contributed by atoms with van der Waals surface area (Å²) in [7, 11) is 0. The number of halogens is 3. The number of benzene rings is 2. The van der Waals surface area contributed by atoms with Crippen molar-refractivity contribution < 1.29 is 13.6 Å². The summed E-state index contributed by atoms with van der Waals surface area (Å²) in [5.74, 6) is -1.27. The summed E-state index contributed by atoms with van der Waals surface area (Å²) in [6.07, 6.45) is 0.392. The van der Waals surface area contributed by atoms with Gasteiger partial charge in [0.15, 0.2) is 5.13 Å². The maximum atomic E-state index is 13.8. The zero-order valence-corrected chi connectivity index (χ0v) is 14.7. The van der Waals surface area contributed by atoms with E-state index in [9.17, 15) is 13.6 Å². The summed E-state index contributed by atoms with van der Waals surface area (Å²) >= 11 is 7.16. The third kappa shape index (κ3) is 4.03. The molecule has 0 spiro atoms. The topological polar surface area (TPSA) is 42.0 Å². The minimum absolute atomic E-state index is 0.0253. The average molecular weight is 379 g/mol. The highest BCUT2D eigenvalue weighted by atomic mass is 35.5. The fourth-order valence-corrected chi connectivity index (χ4v) is 3.53. The molecule has 0 aliphatic carbocycles. The van der Waals surface area contributed by atoms with E-state index in [0.717, 1.165) is 17.0 Å². The van der Waals surface area contributed by atoms with Crippen LogP contribution in [0.2, 0.25) is 5.02 Å². The Morgan fingerprint density at radius 2 is 2.00 bits per heavy atom. The Morgan fingerprint density at radius 1 is 1.24 bits per heavy atom. The largest absolute Gasteiger partial charge is 0.298 e. The minimum atomic E-state index is -0.515. The molecule has 0 bridgehead atoms. The summed E-state index contributed by atoms with van der Waals surface area (Å²) in [5.41, 5.74) is 1.44. The van der Waals surface area contributed by atoms with Gasteiger partial charge in [-0.05, 0) is 36.8 Å². The molecule has 0 saturated carbocycles. The minimum Gasteiger partial charge on any atom is -0.298 e. The van der Waals surface area contributed by atoms with Crippen molar-refractivity contribution in [3.8, 4) is 0 Å². The molecule has 1 amide bonds. The molecule has 2 aromatic carbocycles. The molecule has 0 saturated heterocycles. The first kappa shape index (κ1) is 17.5. The standard InChI is InChI=1S/C18H13ClF2N2OS/c1-10-16(8-11-4-2-3-5-15(11)21)25-18(22-10)23-17(24)13-7-6-12(20)9-14(13)19/h2-7,9H,8H2,1H3,(H,22,23,24). The van der Waals surface area contributed by atoms with Crippen LogP contribution in [0.1, 0.15) is 26.5 Å². The maximum Gasteiger partial charge on any atom is 0.258 e. The van der Waals surface area contributed by atoms with Gasteiger partial charge in [0.25, 0.3) is 5.91 Å². The van der Waals surface area contributed by atoms with Gasteiger partial charge in [-0.25, -0.2) is 13.8 Å². The van der Waals surface area contributed by atoms with Crippen molar-refractivity contribution in [3.63, 3.8) is 0 Å². The Morgan fingerprint density at radius 3 is 2.72 bits per heavy atom. The molecule has 128 valence electrons. The van der Waals surface area contributed by atoms with Gasteiger partial charge in [-0.1, -0.05) is 29.8 Å². The van der Waals surface area contributed by atoms with Crippen LogP contribution >= 0.6 is 22.9 Å². The van der Waals surface area contributed by atoms with E-state index in [2.05, 4.69) is 10.3 Å². The van der Waals surface area contributed by atoms with E-state index in [-0.39, 0.29) is 16.4 Å². The monoisotopic (exact) mass is 378 g/mol. The Balaban J connectivity index is 1.78. The van der Waals surface area contributed by atoms with Gasteiger partial charge in [0, 0.05) is 11.3 Å². The molecule has 25 heavy (non-hydrogen) atoms. The molecule has 0 radical (unpaired) electrons. The van der Waals surface area contributed by atoms with E-state index >= 15 is 0 Å². The summed E-state index contributed by atoms with van der Waals surface area (Å²) in [4.78, 5) is 17.4. The Labute approximate surface area is 152 Å². The fraction of sp³-hybridized carbons (Fsp3) is 0.111. The number of amides is 1. The lowest BCUT2D eigenvalue weighted by atomic mass is 10.1. The first-order valence-electron chi connectivity index (χ1n) is 7.40. The van der Waals surface area contributed by atoms with E-state index in [0.29, 0.717) is 22.8 Å². The lowest BCUT2D eigenvalue weighted by molar-refractivity contribution is 0.102. The zero-order chi connectivity index (χ0) is 18.0. The van der Waals surface area contributed by atoms with Gasteiger partial charge in [-0.3, -0.25) is 10.1 Å². The molecule has 3 nitrogen and oxygen atoms in total. The first-order valence-corrected chi connectivity index (χ1v) is 8.59. The van der Waals surface area contributed by atoms with Crippen LogP contribution in [0.5, 0.6) is 0 Å². The summed E-state index contributed by atoms with van der Waals surface area (Å²) in [6, 6.07) is 10.1. The highest BCUT2D eigenvalue weighted by Gasteiger charge is 2.15. The highest BCUT2D eigenvalue weighted by Crippen LogP contribution is 2.27. The van der Waals surface area contributed by atoms with Crippen LogP contribution in [-0.4, -0.2) is 10.9 Å². The van der Waals surface area contributed by atoms with Crippen LogP contribution in [-0.2, 0) is 6.42 Å². The molecule has 0 aliphatic heterocycles. The van der Waals surface area contributed by atoms with Crippen molar-refractivity contribution >= 4 is 34.0 Å². The zero-order valence-electron chi connectivity index (χ0n) is 13.1. The van der Waals surface area contributed by atoms with Crippen molar-refractivity contribution in [1.82, 2.24) is 4.98 Å². The third-order valence-corrected chi connectivity index (χ3v) is 4.98. The molecule has 1 heterocycles. The van der Waals surface area contributed by atoms with Gasteiger partial charge >= 0.3 is 0 Å². The number of hydrogen-bond acceptors (Lipinski definition) is 3. The number of nitrogens with zero attached hydrogens (tertiary/aromatic N) is 1. The molecule has 7 heteroatoms. The molecule has 1 N–H and O–H groups in total. The molecule has 3 aromatic rings. The van der Waals surface area contributed by atoms with E-state index in [1.54, 1.807) is 25.1 Å². The van der Waals surface area contributed by atoms with Crippen LogP contribution in [0, 0.1) is 18.6 Å². The normalized spacial score (nSPS) is 10.7. The molecule has 0 aliphatic rings. The summed E-state index contributed by atoms with van der Waals surface area (Å²) in [5, 5.41) is 3.06. The van der Waals surface area contributed by atoms with Gasteiger partial charge in [-0.15, -0.1) is 11.3 Å². The van der Waals surface area contributed by atoms with Crippen molar-refractivity contribution in [2.24, 2.45) is 0 Å². The molecular weight excluding hydrogens is 366 g/mol. The third-order valence-electron chi connectivity index (χ3n) is 3.60. The van der Waals surface area contributed by atoms with Crippen LogP contribution in [0.15, 0.2) is 42.5 Å². The Hall–Kier alpha value is -2.31. The summed E-state index contributed by atoms with van der Waals surface area (Å²) in [6.45, 7) is 1.80. The number of aromatic nitrogens is 1. The van der Waals surface area contributed by atoms with Gasteiger partial charge in [0.1, 0.15) is 11.6 Å². The number of nitrogens with one attached hydrogen (secondary N) is 1. The molecule has 0 fully saturated rings. The van der Waals surface area contributed by atoms with Crippen molar-refractivity contribution in [1.29, 1.82) is 0 Å². The van der Waals surface area contributed by atoms with Gasteiger partial charge in [-0.2, -0.15) is 0 Å². The number of rotatable bonds is 4. The average Bonchev–Trinajstić information content (AvgIpc) is 2.89. The highest BCUT2D eigenvalue weighted by molar-refractivity contribution is 7.15. The first-order chi connectivity index (χ1) is 11.9. The second-order valence-corrected chi connectivity index (χ2v) is 6.86. The predicted molar refractivity (Wildman–Crippen MR) is 95.4 cm³/mol.